The van der Waals surface area contributed by atoms with Crippen LogP contribution in [0.25, 0.3) is 0 Å². The molecule has 0 amide bonds. The zero-order chi connectivity index (χ0) is 12.5. The summed E-state index contributed by atoms with van der Waals surface area (Å²) in [6.07, 6.45) is -4.67. The van der Waals surface area contributed by atoms with E-state index in [0.29, 0.717) is 0 Å². The molecule has 92 valence electrons. The molecule has 1 fully saturated rings. The minimum Gasteiger partial charge on any atom is -0.726 e. The maximum atomic E-state index is 10.5. The first-order chi connectivity index (χ1) is 7.22. The number of aliphatic hydroxyl groups excluding tert-OH is 1. The number of carboxylic acid groups (broad SMARTS) is 1. The Labute approximate surface area is 148 Å². The van der Waals surface area contributed by atoms with Gasteiger partial charge in [-0.15, -0.1) is 0 Å². The third-order valence-electron chi connectivity index (χ3n) is 1.95. The number of rotatable bonds is 3. The van der Waals surface area contributed by atoms with Crippen LogP contribution in [0.5, 0.6) is 0 Å². The Bertz CT molecular complexity index is 408. The van der Waals surface area contributed by atoms with E-state index in [0.717, 1.165) is 0 Å². The largest absolute Gasteiger partial charge is 1.00 e. The molecule has 0 aromatic carbocycles. The van der Waals surface area contributed by atoms with E-state index in [-0.39, 0.29) is 64.7 Å². The zero-order valence-corrected chi connectivity index (χ0v) is 14.7. The quantitative estimate of drug-likeness (QED) is 0.235. The molecule has 0 aromatic heterocycles. The van der Waals surface area contributed by atoms with Crippen LogP contribution in [0.15, 0.2) is 12.2 Å². The summed E-state index contributed by atoms with van der Waals surface area (Å²) in [5.41, 5.74) is -0.333. The van der Waals surface area contributed by atoms with E-state index in [1.165, 1.54) is 0 Å². The average Bonchev–Trinajstić information content (AvgIpc) is 2.10. The number of ether oxygens (including phenoxy) is 1. The van der Waals surface area contributed by atoms with Crippen molar-refractivity contribution >= 4 is 16.4 Å². The smallest absolute Gasteiger partial charge is 0.726 e. The van der Waals surface area contributed by atoms with Crippen LogP contribution >= 0.6 is 0 Å². The Morgan fingerprint density at radius 2 is 2.00 bits per heavy atom. The van der Waals surface area contributed by atoms with Gasteiger partial charge in [-0.1, -0.05) is 6.58 Å². The topological polar surface area (TPSA) is 136 Å². The molecule has 18 heavy (non-hydrogen) atoms. The summed E-state index contributed by atoms with van der Waals surface area (Å²) in [4.78, 5) is 10.5. The van der Waals surface area contributed by atoms with Crippen molar-refractivity contribution in [1.82, 2.24) is 0 Å². The van der Waals surface area contributed by atoms with Gasteiger partial charge in [0.05, 0.1) is 12.6 Å². The Morgan fingerprint density at radius 3 is 2.39 bits per heavy atom. The van der Waals surface area contributed by atoms with E-state index < -0.39 is 41.3 Å². The number of carboxylic acids is 1. The average molecular weight is 298 g/mol. The Balaban J connectivity index is 0. The Hall–Kier alpha value is 1.000. The summed E-state index contributed by atoms with van der Waals surface area (Å²) in [5, 5.41) is 19.9. The second-order valence-electron chi connectivity index (χ2n) is 3.10. The third-order valence-corrected chi connectivity index (χ3v) is 2.43. The van der Waals surface area contributed by atoms with E-state index in [1.807, 2.05) is 0 Å². The SMILES string of the molecule is C=C1C(C(=O)[O-])OCC(OS(=O)(=O)[O-])C1O.[Na+].[Na+]. The molecule has 1 saturated heterocycles. The van der Waals surface area contributed by atoms with Crippen LogP contribution < -0.4 is 64.2 Å². The van der Waals surface area contributed by atoms with E-state index in [2.05, 4.69) is 15.5 Å². The van der Waals surface area contributed by atoms with Crippen molar-refractivity contribution in [3.05, 3.63) is 12.2 Å². The third kappa shape index (κ3) is 5.97. The van der Waals surface area contributed by atoms with Gasteiger partial charge in [-0.2, -0.15) is 0 Å². The molecule has 8 nitrogen and oxygen atoms in total. The van der Waals surface area contributed by atoms with E-state index in [1.54, 1.807) is 0 Å². The molecule has 1 heterocycles. The molecule has 1 aliphatic rings. The number of carbonyl (C=O) groups is 1. The maximum absolute atomic E-state index is 10.5. The van der Waals surface area contributed by atoms with Crippen molar-refractivity contribution in [3.8, 4) is 0 Å². The predicted molar refractivity (Wildman–Crippen MR) is 44.5 cm³/mol. The van der Waals surface area contributed by atoms with E-state index in [4.69, 9.17) is 0 Å². The van der Waals surface area contributed by atoms with Crippen molar-refractivity contribution in [1.29, 1.82) is 0 Å². The van der Waals surface area contributed by atoms with Crippen molar-refractivity contribution in [2.24, 2.45) is 0 Å². The van der Waals surface area contributed by atoms with Crippen LogP contribution in [-0.4, -0.2) is 49.0 Å². The molecule has 0 bridgehead atoms. The molecular weight excluding hydrogens is 290 g/mol. The van der Waals surface area contributed by atoms with Gasteiger partial charge in [0.15, 0.2) is 0 Å². The van der Waals surface area contributed by atoms with Gasteiger partial charge in [-0.05, 0) is 5.57 Å². The first-order valence-electron chi connectivity index (χ1n) is 4.05. The normalized spacial score (nSPS) is 27.9. The molecule has 3 atom stereocenters. The molecule has 0 saturated carbocycles. The monoisotopic (exact) mass is 298 g/mol. The van der Waals surface area contributed by atoms with Crippen molar-refractivity contribution in [3.63, 3.8) is 0 Å². The maximum Gasteiger partial charge on any atom is 1.00 e. The number of hydrogen-bond donors (Lipinski definition) is 1. The molecule has 0 aromatic rings. The molecule has 0 radical (unpaired) electrons. The minimum absolute atomic E-state index is 0. The summed E-state index contributed by atoms with van der Waals surface area (Å²) in [7, 11) is -5.01. The fourth-order valence-corrected chi connectivity index (χ4v) is 1.70. The number of hydrogen-bond acceptors (Lipinski definition) is 8. The van der Waals surface area contributed by atoms with Crippen LogP contribution in [0.3, 0.4) is 0 Å². The van der Waals surface area contributed by atoms with Crippen LogP contribution in [-0.2, 0) is 24.1 Å². The number of aliphatic carboxylic acids is 1. The van der Waals surface area contributed by atoms with Crippen LogP contribution in [0.4, 0.5) is 0 Å². The predicted octanol–water partition coefficient (Wildman–Crippen LogP) is -9.09. The van der Waals surface area contributed by atoms with Crippen LogP contribution in [0, 0.1) is 0 Å². The fraction of sp³-hybridized carbons (Fsp3) is 0.571. The molecule has 11 heteroatoms. The summed E-state index contributed by atoms with van der Waals surface area (Å²) < 4.78 is 39.4. The minimum atomic E-state index is -5.01. The molecule has 0 aliphatic carbocycles. The summed E-state index contributed by atoms with van der Waals surface area (Å²) in [6, 6.07) is 0. The van der Waals surface area contributed by atoms with Gasteiger partial charge >= 0.3 is 59.1 Å². The summed E-state index contributed by atoms with van der Waals surface area (Å²) in [6.45, 7) is 2.64. The van der Waals surface area contributed by atoms with E-state index in [9.17, 15) is 28.0 Å². The molecular formula is C7H8Na2O8S. The second-order valence-corrected chi connectivity index (χ2v) is 4.10. The van der Waals surface area contributed by atoms with Gasteiger partial charge in [0.25, 0.3) is 0 Å². The van der Waals surface area contributed by atoms with Gasteiger partial charge in [0.1, 0.15) is 18.3 Å². The van der Waals surface area contributed by atoms with Gasteiger partial charge in [-0.3, -0.25) is 4.18 Å². The molecule has 3 unspecified atom stereocenters. The molecule has 1 aliphatic heterocycles. The van der Waals surface area contributed by atoms with Gasteiger partial charge in [0.2, 0.25) is 10.4 Å². The molecule has 1 N–H and O–H groups in total. The Kier molecular flexibility index (Phi) is 9.85. The molecule has 1 rings (SSSR count). The van der Waals surface area contributed by atoms with Crippen LogP contribution in [0.1, 0.15) is 0 Å². The standard InChI is InChI=1S/C7H10O8S.2Na/c1-3-5(8)4(15-16(11,12)13)2-14-6(3)7(9)10;;/h4-6,8H,1-2H2,(H,9,10)(H,11,12,13);;/q;2*+1/p-2. The zero-order valence-electron chi connectivity index (χ0n) is 9.86. The summed E-state index contributed by atoms with van der Waals surface area (Å²) >= 11 is 0. The number of aliphatic hydroxyl groups is 1. The number of carbonyl (C=O) groups excluding carboxylic acids is 1. The second kappa shape index (κ2) is 8.32. The van der Waals surface area contributed by atoms with Gasteiger partial charge in [0, 0.05) is 0 Å². The van der Waals surface area contributed by atoms with Crippen molar-refractivity contribution < 1.29 is 96.0 Å². The van der Waals surface area contributed by atoms with E-state index >= 15 is 0 Å². The van der Waals surface area contributed by atoms with Gasteiger partial charge in [-0.25, -0.2) is 8.42 Å². The van der Waals surface area contributed by atoms with Crippen LogP contribution in [0.2, 0.25) is 0 Å². The fourth-order valence-electron chi connectivity index (χ4n) is 1.23. The van der Waals surface area contributed by atoms with Crippen molar-refractivity contribution in [2.45, 2.75) is 18.3 Å². The summed E-state index contributed by atoms with van der Waals surface area (Å²) in [5.74, 6) is -1.62. The first-order valence-corrected chi connectivity index (χ1v) is 5.39. The van der Waals surface area contributed by atoms with Crippen molar-refractivity contribution in [2.75, 3.05) is 6.61 Å². The molecule has 0 spiro atoms. The van der Waals surface area contributed by atoms with Gasteiger partial charge < -0.3 is 24.3 Å². The first kappa shape index (κ1) is 21.3. The Morgan fingerprint density at radius 1 is 1.50 bits per heavy atom.